The zero-order valence-corrected chi connectivity index (χ0v) is 8.21. The predicted octanol–water partition coefficient (Wildman–Crippen LogP) is -0.0872. The van der Waals surface area contributed by atoms with Crippen LogP contribution in [-0.4, -0.2) is 40.5 Å². The van der Waals surface area contributed by atoms with Gasteiger partial charge in [0.25, 0.3) is 11.8 Å². The van der Waals surface area contributed by atoms with Gasteiger partial charge in [-0.15, -0.1) is 0 Å². The number of hydrogen-bond donors (Lipinski definition) is 1. The van der Waals surface area contributed by atoms with Crippen molar-refractivity contribution >= 4 is 23.9 Å². The maximum atomic E-state index is 11.0. The van der Waals surface area contributed by atoms with Crippen LogP contribution in [-0.2, 0) is 19.1 Å². The Labute approximate surface area is 90.3 Å². The lowest BCUT2D eigenvalue weighted by Gasteiger charge is -2.12. The number of ether oxygens (including phenoxy) is 1. The summed E-state index contributed by atoms with van der Waals surface area (Å²) in [7, 11) is 0. The van der Waals surface area contributed by atoms with Crippen molar-refractivity contribution < 1.29 is 29.0 Å². The highest BCUT2D eigenvalue weighted by Gasteiger charge is 2.22. The Morgan fingerprint density at radius 1 is 1.25 bits per heavy atom. The number of rotatable bonds is 4. The Morgan fingerprint density at radius 2 is 1.81 bits per heavy atom. The molecule has 16 heavy (non-hydrogen) atoms. The van der Waals surface area contributed by atoms with Crippen molar-refractivity contribution in [3.8, 4) is 0 Å². The van der Waals surface area contributed by atoms with Crippen molar-refractivity contribution in [3.63, 3.8) is 0 Å². The molecule has 0 radical (unpaired) electrons. The lowest BCUT2D eigenvalue weighted by atomic mass is 10.3. The van der Waals surface area contributed by atoms with Gasteiger partial charge in [0.05, 0.1) is 0 Å². The molecular weight excluding hydrogens is 218 g/mol. The summed E-state index contributed by atoms with van der Waals surface area (Å²) in [6.07, 6.45) is 0.616. The third-order valence-electron chi connectivity index (χ3n) is 1.86. The topological polar surface area (TPSA) is 101 Å². The van der Waals surface area contributed by atoms with Gasteiger partial charge in [-0.05, 0) is 6.42 Å². The maximum absolute atomic E-state index is 11.0. The van der Waals surface area contributed by atoms with E-state index in [-0.39, 0.29) is 19.4 Å². The zero-order valence-electron chi connectivity index (χ0n) is 8.21. The summed E-state index contributed by atoms with van der Waals surface area (Å²) in [6.45, 7) is 0.0688. The predicted molar refractivity (Wildman–Crippen MR) is 49.2 cm³/mol. The largest absolute Gasteiger partial charge is 0.513 e. The molecule has 0 saturated heterocycles. The summed E-state index contributed by atoms with van der Waals surface area (Å²) in [5, 5.41) is 8.11. The van der Waals surface area contributed by atoms with Crippen molar-refractivity contribution in [2.45, 2.75) is 12.8 Å². The van der Waals surface area contributed by atoms with Gasteiger partial charge < -0.3 is 9.84 Å². The minimum Gasteiger partial charge on any atom is -0.449 e. The first-order valence-electron chi connectivity index (χ1n) is 4.48. The number of nitrogens with zero attached hydrogens (tertiary/aromatic N) is 1. The third kappa shape index (κ3) is 3.19. The molecule has 0 aromatic carbocycles. The van der Waals surface area contributed by atoms with E-state index in [0.717, 1.165) is 17.1 Å². The Balaban J connectivity index is 2.26. The van der Waals surface area contributed by atoms with Crippen LogP contribution < -0.4 is 0 Å². The maximum Gasteiger partial charge on any atom is 0.513 e. The number of carbonyl (C=O) groups excluding carboxylic acids is 3. The molecule has 7 nitrogen and oxygen atoms in total. The number of amides is 2. The van der Waals surface area contributed by atoms with Gasteiger partial charge in [-0.2, -0.15) is 0 Å². The molecule has 1 N–H and O–H groups in total. The molecule has 1 aliphatic rings. The number of imide groups is 1. The van der Waals surface area contributed by atoms with Gasteiger partial charge >= 0.3 is 12.1 Å². The molecular formula is C9H9NO6. The molecule has 0 spiro atoms. The second-order valence-corrected chi connectivity index (χ2v) is 3.00. The highest BCUT2D eigenvalue weighted by atomic mass is 16.7. The van der Waals surface area contributed by atoms with Gasteiger partial charge in [-0.1, -0.05) is 0 Å². The molecule has 0 aromatic rings. The van der Waals surface area contributed by atoms with Crippen molar-refractivity contribution in [1.82, 2.24) is 4.90 Å². The van der Waals surface area contributed by atoms with Gasteiger partial charge in [0.15, 0.2) is 0 Å². The smallest absolute Gasteiger partial charge is 0.449 e. The van der Waals surface area contributed by atoms with E-state index in [0.29, 0.717) is 0 Å². The SMILES string of the molecule is O=C(O)OC(=O)CCCN1C(=O)C=CC1=O. The highest BCUT2D eigenvalue weighted by Crippen LogP contribution is 2.05. The fourth-order valence-corrected chi connectivity index (χ4v) is 1.18. The molecule has 0 aliphatic carbocycles. The summed E-state index contributed by atoms with van der Waals surface area (Å²) in [5.74, 6) is -1.77. The Morgan fingerprint density at radius 3 is 2.31 bits per heavy atom. The number of esters is 1. The summed E-state index contributed by atoms with van der Waals surface area (Å²) >= 11 is 0. The molecule has 0 saturated carbocycles. The van der Waals surface area contributed by atoms with E-state index < -0.39 is 23.9 Å². The van der Waals surface area contributed by atoms with E-state index in [1.165, 1.54) is 0 Å². The fourth-order valence-electron chi connectivity index (χ4n) is 1.18. The highest BCUT2D eigenvalue weighted by molar-refractivity contribution is 6.12. The molecule has 1 aliphatic heterocycles. The summed E-state index contributed by atoms with van der Waals surface area (Å²) < 4.78 is 3.84. The Kier molecular flexibility index (Phi) is 3.76. The molecule has 1 rings (SSSR count). The molecule has 0 aromatic heterocycles. The molecule has 7 heteroatoms. The molecule has 86 valence electrons. The van der Waals surface area contributed by atoms with Crippen LogP contribution in [0, 0.1) is 0 Å². The standard InChI is InChI=1S/C9H9NO6/c11-6-3-4-7(12)10(6)5-1-2-8(13)16-9(14)15/h3-4H,1-2,5H2,(H,14,15). The Bertz CT molecular complexity index is 354. The van der Waals surface area contributed by atoms with Gasteiger partial charge in [-0.25, -0.2) is 4.79 Å². The van der Waals surface area contributed by atoms with Crippen LogP contribution in [0.1, 0.15) is 12.8 Å². The third-order valence-corrected chi connectivity index (χ3v) is 1.86. The van der Waals surface area contributed by atoms with Gasteiger partial charge in [0.2, 0.25) is 0 Å². The quantitative estimate of drug-likeness (QED) is 0.409. The average Bonchev–Trinajstić information content (AvgIpc) is 2.47. The van der Waals surface area contributed by atoms with E-state index in [2.05, 4.69) is 4.74 Å². The first-order valence-corrected chi connectivity index (χ1v) is 4.48. The number of carboxylic acid groups (broad SMARTS) is 1. The molecule has 1 heterocycles. The minimum absolute atomic E-state index is 0.0688. The second kappa shape index (κ2) is 5.06. The van der Waals surface area contributed by atoms with Crippen LogP contribution >= 0.6 is 0 Å². The van der Waals surface area contributed by atoms with Crippen LogP contribution in [0.3, 0.4) is 0 Å². The summed E-state index contributed by atoms with van der Waals surface area (Å²) in [6, 6.07) is 0. The van der Waals surface area contributed by atoms with Crippen LogP contribution in [0.25, 0.3) is 0 Å². The van der Waals surface area contributed by atoms with E-state index in [1.54, 1.807) is 0 Å². The van der Waals surface area contributed by atoms with E-state index in [1.807, 2.05) is 0 Å². The van der Waals surface area contributed by atoms with Gasteiger partial charge in [0.1, 0.15) is 0 Å². The number of hydrogen-bond acceptors (Lipinski definition) is 5. The monoisotopic (exact) mass is 227 g/mol. The molecule has 0 unspecified atom stereocenters. The van der Waals surface area contributed by atoms with E-state index in [4.69, 9.17) is 5.11 Å². The van der Waals surface area contributed by atoms with Crippen LogP contribution in [0.4, 0.5) is 4.79 Å². The Hall–Kier alpha value is -2.18. The first-order chi connectivity index (χ1) is 7.50. The van der Waals surface area contributed by atoms with Crippen LogP contribution in [0.2, 0.25) is 0 Å². The van der Waals surface area contributed by atoms with Gasteiger partial charge in [0, 0.05) is 25.1 Å². The summed E-state index contributed by atoms with van der Waals surface area (Å²) in [4.78, 5) is 43.8. The minimum atomic E-state index is -1.67. The molecule has 2 amide bonds. The lowest BCUT2D eigenvalue weighted by Crippen LogP contribution is -2.31. The zero-order chi connectivity index (χ0) is 12.1. The van der Waals surface area contributed by atoms with E-state index in [9.17, 15) is 19.2 Å². The van der Waals surface area contributed by atoms with E-state index >= 15 is 0 Å². The fraction of sp³-hybridized carbons (Fsp3) is 0.333. The van der Waals surface area contributed by atoms with Crippen molar-refractivity contribution in [2.24, 2.45) is 0 Å². The molecule has 0 atom stereocenters. The van der Waals surface area contributed by atoms with Crippen molar-refractivity contribution in [3.05, 3.63) is 12.2 Å². The first kappa shape index (κ1) is 11.9. The van der Waals surface area contributed by atoms with Crippen LogP contribution in [0.15, 0.2) is 12.2 Å². The molecule has 0 bridgehead atoms. The number of carbonyl (C=O) groups is 4. The van der Waals surface area contributed by atoms with Gasteiger partial charge in [-0.3, -0.25) is 19.3 Å². The normalized spacial score (nSPS) is 14.4. The van der Waals surface area contributed by atoms with Crippen molar-refractivity contribution in [2.75, 3.05) is 6.54 Å². The molecule has 0 fully saturated rings. The van der Waals surface area contributed by atoms with Crippen molar-refractivity contribution in [1.29, 1.82) is 0 Å². The average molecular weight is 227 g/mol. The summed E-state index contributed by atoms with van der Waals surface area (Å²) in [5.41, 5.74) is 0. The lowest BCUT2D eigenvalue weighted by molar-refractivity contribution is -0.141. The second-order valence-electron chi connectivity index (χ2n) is 3.00. The van der Waals surface area contributed by atoms with Crippen LogP contribution in [0.5, 0.6) is 0 Å².